The smallest absolute Gasteiger partial charge is 0.343 e. The first kappa shape index (κ1) is 35.8. The highest BCUT2D eigenvalue weighted by molar-refractivity contribution is 5.92. The molecule has 1 atom stereocenters. The molecule has 0 heterocycles. The van der Waals surface area contributed by atoms with Gasteiger partial charge >= 0.3 is 11.9 Å². The van der Waals surface area contributed by atoms with Crippen LogP contribution in [0.2, 0.25) is 0 Å². The molecule has 0 aromatic heterocycles. The molecule has 0 bridgehead atoms. The molecule has 0 aliphatic rings. The van der Waals surface area contributed by atoms with Crippen molar-refractivity contribution in [1.29, 1.82) is 0 Å². The van der Waals surface area contributed by atoms with E-state index in [1.165, 1.54) is 44.9 Å². The minimum absolute atomic E-state index is 0.404. The summed E-state index contributed by atoms with van der Waals surface area (Å²) in [7, 11) is 0. The Morgan fingerprint density at radius 2 is 1.09 bits per heavy atom. The van der Waals surface area contributed by atoms with Crippen LogP contribution in [0.1, 0.15) is 113 Å². The second kappa shape index (κ2) is 19.7. The number of rotatable bonds is 20. The van der Waals surface area contributed by atoms with E-state index in [1.807, 2.05) is 50.2 Å². The minimum atomic E-state index is -0.611. The van der Waals surface area contributed by atoms with E-state index in [1.54, 1.807) is 31.2 Å². The van der Waals surface area contributed by atoms with Gasteiger partial charge in [0, 0.05) is 6.61 Å². The fraction of sp³-hybridized carbons (Fsp3) is 0.487. The quantitative estimate of drug-likeness (QED) is 0.0715. The lowest BCUT2D eigenvalue weighted by Crippen LogP contribution is -2.26. The third kappa shape index (κ3) is 12.3. The number of aryl methyl sites for hydroxylation is 2. The maximum Gasteiger partial charge on any atom is 0.343 e. The van der Waals surface area contributed by atoms with Crippen molar-refractivity contribution in [1.82, 2.24) is 0 Å². The van der Waals surface area contributed by atoms with Gasteiger partial charge < -0.3 is 18.9 Å². The van der Waals surface area contributed by atoms with Gasteiger partial charge in [0.15, 0.2) is 6.10 Å². The van der Waals surface area contributed by atoms with Crippen LogP contribution in [0.4, 0.5) is 0 Å². The second-order valence-electron chi connectivity index (χ2n) is 11.8. The lowest BCUT2D eigenvalue weighted by molar-refractivity contribution is -0.146. The molecule has 0 fully saturated rings. The first-order chi connectivity index (χ1) is 21.8. The molecule has 244 valence electrons. The van der Waals surface area contributed by atoms with Crippen LogP contribution in [0.3, 0.4) is 0 Å². The van der Waals surface area contributed by atoms with Gasteiger partial charge in [-0.25, -0.2) is 9.59 Å². The van der Waals surface area contributed by atoms with Crippen LogP contribution in [-0.2, 0) is 9.53 Å². The van der Waals surface area contributed by atoms with Gasteiger partial charge in [0.2, 0.25) is 0 Å². The molecule has 3 rings (SSSR count). The van der Waals surface area contributed by atoms with Crippen LogP contribution in [0.25, 0.3) is 11.1 Å². The van der Waals surface area contributed by atoms with Gasteiger partial charge in [-0.3, -0.25) is 0 Å². The molecule has 0 spiro atoms. The van der Waals surface area contributed by atoms with E-state index in [0.29, 0.717) is 30.3 Å². The number of ether oxygens (including phenoxy) is 4. The van der Waals surface area contributed by atoms with Gasteiger partial charge in [0.1, 0.15) is 17.2 Å². The van der Waals surface area contributed by atoms with Crippen molar-refractivity contribution < 1.29 is 28.5 Å². The van der Waals surface area contributed by atoms with Crippen LogP contribution in [0, 0.1) is 13.8 Å². The van der Waals surface area contributed by atoms with Crippen LogP contribution in [0.5, 0.6) is 17.2 Å². The van der Waals surface area contributed by atoms with Gasteiger partial charge in [-0.2, -0.15) is 0 Å². The Bertz CT molecular complexity index is 1290. The van der Waals surface area contributed by atoms with Gasteiger partial charge in [-0.1, -0.05) is 95.9 Å². The molecule has 6 heteroatoms. The van der Waals surface area contributed by atoms with E-state index >= 15 is 0 Å². The summed E-state index contributed by atoms with van der Waals surface area (Å²) in [6.07, 6.45) is 12.6. The highest BCUT2D eigenvalue weighted by atomic mass is 16.6. The zero-order valence-corrected chi connectivity index (χ0v) is 28.0. The third-order valence-electron chi connectivity index (χ3n) is 7.86. The summed E-state index contributed by atoms with van der Waals surface area (Å²) >= 11 is 0. The Morgan fingerprint density at radius 1 is 0.622 bits per heavy atom. The largest absolute Gasteiger partial charge is 0.493 e. The van der Waals surface area contributed by atoms with Crippen molar-refractivity contribution in [3.8, 4) is 28.4 Å². The van der Waals surface area contributed by atoms with Crippen LogP contribution >= 0.6 is 0 Å². The number of unbranched alkanes of at least 4 members (excludes halogenated alkanes) is 9. The molecule has 0 aliphatic carbocycles. The average molecular weight is 617 g/mol. The Balaban J connectivity index is 1.47. The fourth-order valence-corrected chi connectivity index (χ4v) is 5.18. The van der Waals surface area contributed by atoms with E-state index < -0.39 is 18.0 Å². The molecule has 6 nitrogen and oxygen atoms in total. The van der Waals surface area contributed by atoms with E-state index in [4.69, 9.17) is 18.9 Å². The molecule has 3 aromatic carbocycles. The van der Waals surface area contributed by atoms with Crippen molar-refractivity contribution in [2.24, 2.45) is 0 Å². The van der Waals surface area contributed by atoms with Gasteiger partial charge in [0.05, 0.1) is 12.2 Å². The molecule has 0 N–H and O–H groups in total. The van der Waals surface area contributed by atoms with E-state index in [9.17, 15) is 9.59 Å². The maximum absolute atomic E-state index is 13.0. The highest BCUT2D eigenvalue weighted by Gasteiger charge is 2.16. The van der Waals surface area contributed by atoms with Crippen molar-refractivity contribution >= 4 is 11.9 Å². The Labute approximate surface area is 270 Å². The van der Waals surface area contributed by atoms with Crippen molar-refractivity contribution in [3.05, 3.63) is 77.4 Å². The van der Waals surface area contributed by atoms with Gasteiger partial charge in [0.25, 0.3) is 0 Å². The molecule has 0 unspecified atom stereocenters. The summed E-state index contributed by atoms with van der Waals surface area (Å²) in [5.41, 5.74) is 4.26. The highest BCUT2D eigenvalue weighted by Crippen LogP contribution is 2.28. The number of esters is 2. The topological polar surface area (TPSA) is 71.1 Å². The number of carbonyl (C=O) groups excluding carboxylic acids is 2. The summed E-state index contributed by atoms with van der Waals surface area (Å²) < 4.78 is 22.8. The molecule has 0 saturated carbocycles. The van der Waals surface area contributed by atoms with E-state index in [2.05, 4.69) is 13.8 Å². The van der Waals surface area contributed by atoms with Gasteiger partial charge in [-0.15, -0.1) is 0 Å². The number of benzene rings is 3. The lowest BCUT2D eigenvalue weighted by Gasteiger charge is -2.14. The predicted octanol–water partition coefficient (Wildman–Crippen LogP) is 10.2. The third-order valence-corrected chi connectivity index (χ3v) is 7.86. The molecule has 3 aromatic rings. The molecule has 45 heavy (non-hydrogen) atoms. The summed E-state index contributed by atoms with van der Waals surface area (Å²) in [5.74, 6) is 0.973. The second-order valence-corrected chi connectivity index (χ2v) is 11.8. The van der Waals surface area contributed by atoms with E-state index in [0.717, 1.165) is 53.7 Å². The average Bonchev–Trinajstić information content (AvgIpc) is 3.04. The number of hydrogen-bond donors (Lipinski definition) is 0. The molecule has 0 aliphatic heterocycles. The van der Waals surface area contributed by atoms with Crippen LogP contribution in [0.15, 0.2) is 60.7 Å². The normalized spacial score (nSPS) is 11.7. The standard InChI is InChI=1S/C39H52O6/c1-6-8-10-11-12-13-14-16-26-43-37-29(3)27-34(28-30(37)4)39(41)45-36-23-19-33(20-24-36)32-17-21-35(22-18-32)44-38(40)31(5)42-25-15-9-7-2/h17-24,27-28,31H,6-16,25-26H2,1-5H3/t31-/m0/s1. The summed E-state index contributed by atoms with van der Waals surface area (Å²) in [4.78, 5) is 25.3. The summed E-state index contributed by atoms with van der Waals surface area (Å²) in [6.45, 7) is 11.3. The summed E-state index contributed by atoms with van der Waals surface area (Å²) in [5, 5.41) is 0. The first-order valence-electron chi connectivity index (χ1n) is 16.8. The van der Waals surface area contributed by atoms with Crippen molar-refractivity contribution in [2.45, 2.75) is 111 Å². The SMILES string of the molecule is CCCCCCCCCCOc1c(C)cc(C(=O)Oc2ccc(-c3ccc(OC(=O)[C@H](C)OCCCCC)cc3)cc2)cc1C. The van der Waals surface area contributed by atoms with Crippen molar-refractivity contribution in [3.63, 3.8) is 0 Å². The maximum atomic E-state index is 13.0. The Kier molecular flexibility index (Phi) is 15.7. The Hall–Kier alpha value is -3.64. The lowest BCUT2D eigenvalue weighted by atomic mass is 10.1. The zero-order chi connectivity index (χ0) is 32.4. The molecule has 0 radical (unpaired) electrons. The molecular formula is C39H52O6. The van der Waals surface area contributed by atoms with Crippen molar-refractivity contribution in [2.75, 3.05) is 13.2 Å². The monoisotopic (exact) mass is 616 g/mol. The fourth-order valence-electron chi connectivity index (χ4n) is 5.18. The predicted molar refractivity (Wildman–Crippen MR) is 181 cm³/mol. The number of carbonyl (C=O) groups is 2. The van der Waals surface area contributed by atoms with Crippen LogP contribution < -0.4 is 14.2 Å². The van der Waals surface area contributed by atoms with Crippen LogP contribution in [-0.4, -0.2) is 31.3 Å². The molecule has 0 amide bonds. The zero-order valence-electron chi connectivity index (χ0n) is 28.0. The summed E-state index contributed by atoms with van der Waals surface area (Å²) in [6, 6.07) is 18.3. The number of hydrogen-bond acceptors (Lipinski definition) is 6. The first-order valence-corrected chi connectivity index (χ1v) is 16.8. The molecule has 0 saturated heterocycles. The minimum Gasteiger partial charge on any atom is -0.493 e. The van der Waals surface area contributed by atoms with Gasteiger partial charge in [-0.05, 0) is 92.3 Å². The molecular weight excluding hydrogens is 564 g/mol. The Morgan fingerprint density at radius 3 is 1.64 bits per heavy atom. The van der Waals surface area contributed by atoms with E-state index in [-0.39, 0.29) is 0 Å².